The summed E-state index contributed by atoms with van der Waals surface area (Å²) in [6.45, 7) is 4.46. The van der Waals surface area contributed by atoms with Gasteiger partial charge in [-0.1, -0.05) is 13.0 Å². The maximum absolute atomic E-state index is 10.7. The Morgan fingerprint density at radius 1 is 1.44 bits per heavy atom. The van der Waals surface area contributed by atoms with Gasteiger partial charge >= 0.3 is 5.97 Å². The lowest BCUT2D eigenvalue weighted by atomic mass is 9.99. The third-order valence-corrected chi connectivity index (χ3v) is 3.10. The molecule has 1 N–H and O–H groups in total. The van der Waals surface area contributed by atoms with E-state index in [4.69, 9.17) is 9.84 Å². The number of hydrogen-bond donors (Lipinski definition) is 1. The van der Waals surface area contributed by atoms with E-state index in [9.17, 15) is 4.79 Å². The van der Waals surface area contributed by atoms with Crippen molar-refractivity contribution < 1.29 is 14.6 Å². The minimum absolute atomic E-state index is 0.119. The zero-order chi connectivity index (χ0) is 13.0. The van der Waals surface area contributed by atoms with Crippen LogP contribution in [-0.2, 0) is 17.8 Å². The number of aliphatic carboxylic acids is 1. The largest absolute Gasteiger partial charge is 0.494 e. The van der Waals surface area contributed by atoms with E-state index in [0.717, 1.165) is 38.3 Å². The van der Waals surface area contributed by atoms with E-state index >= 15 is 0 Å². The van der Waals surface area contributed by atoms with Crippen LogP contribution in [0.2, 0.25) is 0 Å². The first-order valence-corrected chi connectivity index (χ1v) is 6.38. The summed E-state index contributed by atoms with van der Waals surface area (Å²) in [5, 5.41) is 8.79. The summed E-state index contributed by atoms with van der Waals surface area (Å²) >= 11 is 0. The minimum atomic E-state index is -0.763. The van der Waals surface area contributed by atoms with Crippen molar-refractivity contribution in [2.45, 2.75) is 26.3 Å². The molecule has 0 amide bonds. The first-order chi connectivity index (χ1) is 8.69. The highest BCUT2D eigenvalue weighted by atomic mass is 16.5. The summed E-state index contributed by atoms with van der Waals surface area (Å²) < 4.78 is 5.60. The van der Waals surface area contributed by atoms with E-state index in [-0.39, 0.29) is 6.54 Å². The van der Waals surface area contributed by atoms with E-state index in [1.807, 2.05) is 17.0 Å². The number of hydrogen-bond acceptors (Lipinski definition) is 3. The van der Waals surface area contributed by atoms with Crippen LogP contribution in [0.25, 0.3) is 0 Å². The molecule has 98 valence electrons. The molecule has 2 rings (SSSR count). The van der Waals surface area contributed by atoms with Gasteiger partial charge in [0.1, 0.15) is 5.75 Å². The van der Waals surface area contributed by atoms with Crippen molar-refractivity contribution in [3.05, 3.63) is 29.3 Å². The minimum Gasteiger partial charge on any atom is -0.494 e. The van der Waals surface area contributed by atoms with Crippen molar-refractivity contribution in [1.82, 2.24) is 4.90 Å². The Morgan fingerprint density at radius 2 is 2.28 bits per heavy atom. The summed E-state index contributed by atoms with van der Waals surface area (Å²) in [5.41, 5.74) is 2.50. The molecular weight excluding hydrogens is 230 g/mol. The van der Waals surface area contributed by atoms with Crippen LogP contribution in [0.15, 0.2) is 18.2 Å². The van der Waals surface area contributed by atoms with Gasteiger partial charge in [0.15, 0.2) is 0 Å². The van der Waals surface area contributed by atoms with Crippen LogP contribution >= 0.6 is 0 Å². The van der Waals surface area contributed by atoms with Gasteiger partial charge in [0.05, 0.1) is 13.2 Å². The number of rotatable bonds is 5. The molecule has 0 fully saturated rings. The third kappa shape index (κ3) is 3.23. The number of carboxylic acid groups (broad SMARTS) is 1. The quantitative estimate of drug-likeness (QED) is 0.866. The lowest BCUT2D eigenvalue weighted by Gasteiger charge is -2.27. The van der Waals surface area contributed by atoms with Gasteiger partial charge in [-0.2, -0.15) is 0 Å². The second kappa shape index (κ2) is 5.87. The summed E-state index contributed by atoms with van der Waals surface area (Å²) in [6.07, 6.45) is 1.90. The second-order valence-corrected chi connectivity index (χ2v) is 4.63. The average Bonchev–Trinajstić information content (AvgIpc) is 2.35. The molecular formula is C14H19NO3. The van der Waals surface area contributed by atoms with Crippen LogP contribution in [0, 0.1) is 0 Å². The molecule has 1 aliphatic rings. The topological polar surface area (TPSA) is 49.8 Å². The van der Waals surface area contributed by atoms with Gasteiger partial charge < -0.3 is 9.84 Å². The normalized spacial score (nSPS) is 15.2. The van der Waals surface area contributed by atoms with Gasteiger partial charge in [-0.3, -0.25) is 9.69 Å². The number of nitrogens with zero attached hydrogens (tertiary/aromatic N) is 1. The highest BCUT2D eigenvalue weighted by Gasteiger charge is 2.18. The molecule has 4 nitrogen and oxygen atoms in total. The molecule has 18 heavy (non-hydrogen) atoms. The molecule has 0 unspecified atom stereocenters. The van der Waals surface area contributed by atoms with Gasteiger partial charge in [0.2, 0.25) is 0 Å². The van der Waals surface area contributed by atoms with Gasteiger partial charge in [-0.25, -0.2) is 0 Å². The number of fused-ring (bicyclic) bond motifs is 1. The fourth-order valence-electron chi connectivity index (χ4n) is 2.22. The fraction of sp³-hybridized carbons (Fsp3) is 0.500. The zero-order valence-electron chi connectivity index (χ0n) is 10.7. The van der Waals surface area contributed by atoms with Crippen molar-refractivity contribution in [2.75, 3.05) is 19.7 Å². The van der Waals surface area contributed by atoms with Crippen LogP contribution in [0.5, 0.6) is 5.75 Å². The molecule has 0 aromatic heterocycles. The van der Waals surface area contributed by atoms with Crippen molar-refractivity contribution in [3.8, 4) is 5.75 Å². The number of carbonyl (C=O) groups is 1. The number of benzene rings is 1. The molecule has 1 heterocycles. The molecule has 0 saturated carbocycles. The monoisotopic (exact) mass is 249 g/mol. The summed E-state index contributed by atoms with van der Waals surface area (Å²) in [7, 11) is 0. The SMILES string of the molecule is CCCOc1ccc2c(c1)CCN(CC(=O)O)C2. The third-order valence-electron chi connectivity index (χ3n) is 3.10. The Hall–Kier alpha value is -1.55. The van der Waals surface area contributed by atoms with Gasteiger partial charge in [-0.15, -0.1) is 0 Å². The second-order valence-electron chi connectivity index (χ2n) is 4.63. The summed E-state index contributed by atoms with van der Waals surface area (Å²) in [5.74, 6) is 0.156. The number of carboxylic acids is 1. The molecule has 4 heteroatoms. The van der Waals surface area contributed by atoms with Crippen LogP contribution in [0.4, 0.5) is 0 Å². The van der Waals surface area contributed by atoms with Gasteiger partial charge in [0.25, 0.3) is 0 Å². The lowest BCUT2D eigenvalue weighted by molar-refractivity contribution is -0.138. The molecule has 1 aliphatic heterocycles. The molecule has 0 saturated heterocycles. The van der Waals surface area contributed by atoms with Crippen molar-refractivity contribution >= 4 is 5.97 Å². The smallest absolute Gasteiger partial charge is 0.317 e. The van der Waals surface area contributed by atoms with E-state index < -0.39 is 5.97 Å². The Labute approximate surface area is 107 Å². The number of ether oxygens (including phenoxy) is 1. The molecule has 0 spiro atoms. The Morgan fingerprint density at radius 3 is 3.00 bits per heavy atom. The van der Waals surface area contributed by atoms with E-state index in [1.54, 1.807) is 0 Å². The fourth-order valence-corrected chi connectivity index (χ4v) is 2.22. The van der Waals surface area contributed by atoms with E-state index in [2.05, 4.69) is 13.0 Å². The Kier molecular flexibility index (Phi) is 4.20. The highest BCUT2D eigenvalue weighted by molar-refractivity contribution is 5.69. The molecule has 0 aliphatic carbocycles. The van der Waals surface area contributed by atoms with E-state index in [1.165, 1.54) is 11.1 Å². The van der Waals surface area contributed by atoms with Crippen molar-refractivity contribution in [1.29, 1.82) is 0 Å². The van der Waals surface area contributed by atoms with Crippen LogP contribution in [0.1, 0.15) is 24.5 Å². The van der Waals surface area contributed by atoms with Crippen molar-refractivity contribution in [2.24, 2.45) is 0 Å². The van der Waals surface area contributed by atoms with Gasteiger partial charge in [0, 0.05) is 13.1 Å². The zero-order valence-corrected chi connectivity index (χ0v) is 10.7. The Balaban J connectivity index is 2.03. The maximum Gasteiger partial charge on any atom is 0.317 e. The molecule has 1 aromatic rings. The molecule has 1 aromatic carbocycles. The lowest BCUT2D eigenvalue weighted by Crippen LogP contribution is -2.34. The maximum atomic E-state index is 10.7. The Bertz CT molecular complexity index is 431. The van der Waals surface area contributed by atoms with Crippen LogP contribution in [0.3, 0.4) is 0 Å². The van der Waals surface area contributed by atoms with Crippen LogP contribution < -0.4 is 4.74 Å². The predicted molar refractivity (Wildman–Crippen MR) is 68.8 cm³/mol. The van der Waals surface area contributed by atoms with E-state index in [0.29, 0.717) is 0 Å². The average molecular weight is 249 g/mol. The first-order valence-electron chi connectivity index (χ1n) is 6.38. The predicted octanol–water partition coefficient (Wildman–Crippen LogP) is 1.92. The van der Waals surface area contributed by atoms with Crippen molar-refractivity contribution in [3.63, 3.8) is 0 Å². The molecule has 0 radical (unpaired) electrons. The summed E-state index contributed by atoms with van der Waals surface area (Å²) in [6, 6.07) is 6.11. The standard InChI is InChI=1S/C14H19NO3/c1-2-7-18-13-4-3-12-9-15(10-14(16)17)6-5-11(12)8-13/h3-4,8H,2,5-7,9-10H2,1H3,(H,16,17). The summed E-state index contributed by atoms with van der Waals surface area (Å²) in [4.78, 5) is 12.6. The first kappa shape index (κ1) is 12.9. The highest BCUT2D eigenvalue weighted by Crippen LogP contribution is 2.23. The molecule has 0 bridgehead atoms. The molecule has 0 atom stereocenters. The van der Waals surface area contributed by atoms with Crippen LogP contribution in [-0.4, -0.2) is 35.7 Å². The van der Waals surface area contributed by atoms with Gasteiger partial charge in [-0.05, 0) is 36.1 Å².